The van der Waals surface area contributed by atoms with Gasteiger partial charge in [-0.1, -0.05) is 6.42 Å². The molecule has 2 atom stereocenters. The first-order valence-electron chi connectivity index (χ1n) is 7.17. The van der Waals surface area contributed by atoms with Crippen molar-refractivity contribution in [3.63, 3.8) is 0 Å². The second kappa shape index (κ2) is 6.64. The standard InChI is InChI=1S/C14H23NO3S/c1-19-10-7-5-9(6-8-10)15-13(16)11-3-2-4-12(11)14(17)18/h9-12H,2-8H2,1H3,(H,15,16)(H,17,18). The van der Waals surface area contributed by atoms with Crippen LogP contribution in [-0.2, 0) is 9.59 Å². The van der Waals surface area contributed by atoms with E-state index in [2.05, 4.69) is 11.6 Å². The number of aliphatic carboxylic acids is 1. The molecule has 19 heavy (non-hydrogen) atoms. The van der Waals surface area contributed by atoms with Gasteiger partial charge in [-0.15, -0.1) is 0 Å². The Labute approximate surface area is 118 Å². The maximum Gasteiger partial charge on any atom is 0.307 e. The van der Waals surface area contributed by atoms with Crippen LogP contribution in [0.3, 0.4) is 0 Å². The summed E-state index contributed by atoms with van der Waals surface area (Å²) in [6.45, 7) is 0. The van der Waals surface area contributed by atoms with Gasteiger partial charge in [-0.05, 0) is 44.8 Å². The van der Waals surface area contributed by atoms with Crippen LogP contribution >= 0.6 is 11.8 Å². The highest BCUT2D eigenvalue weighted by Crippen LogP contribution is 2.33. The van der Waals surface area contributed by atoms with Gasteiger partial charge in [-0.3, -0.25) is 9.59 Å². The van der Waals surface area contributed by atoms with Gasteiger partial charge in [0.1, 0.15) is 0 Å². The first kappa shape index (κ1) is 14.7. The van der Waals surface area contributed by atoms with Crippen LogP contribution in [0.5, 0.6) is 0 Å². The molecule has 1 amide bonds. The van der Waals surface area contributed by atoms with Crippen LogP contribution < -0.4 is 5.32 Å². The minimum Gasteiger partial charge on any atom is -0.481 e. The largest absolute Gasteiger partial charge is 0.481 e. The first-order chi connectivity index (χ1) is 9.11. The molecule has 108 valence electrons. The van der Waals surface area contributed by atoms with E-state index in [1.54, 1.807) is 0 Å². The summed E-state index contributed by atoms with van der Waals surface area (Å²) in [4.78, 5) is 23.3. The van der Waals surface area contributed by atoms with Crippen LogP contribution in [0.15, 0.2) is 0 Å². The van der Waals surface area contributed by atoms with E-state index in [9.17, 15) is 9.59 Å². The van der Waals surface area contributed by atoms with E-state index in [0.717, 1.165) is 43.8 Å². The van der Waals surface area contributed by atoms with Crippen molar-refractivity contribution in [1.82, 2.24) is 5.32 Å². The summed E-state index contributed by atoms with van der Waals surface area (Å²) in [6, 6.07) is 0.256. The summed E-state index contributed by atoms with van der Waals surface area (Å²) in [6.07, 6.45) is 8.73. The van der Waals surface area contributed by atoms with Crippen LogP contribution in [0.1, 0.15) is 44.9 Å². The number of carboxylic acids is 1. The number of amides is 1. The highest BCUT2D eigenvalue weighted by Gasteiger charge is 2.38. The number of hydrogen-bond acceptors (Lipinski definition) is 3. The van der Waals surface area contributed by atoms with Crippen LogP contribution in [0, 0.1) is 11.8 Å². The van der Waals surface area contributed by atoms with E-state index >= 15 is 0 Å². The summed E-state index contributed by atoms with van der Waals surface area (Å²) in [5.41, 5.74) is 0. The summed E-state index contributed by atoms with van der Waals surface area (Å²) >= 11 is 1.91. The monoisotopic (exact) mass is 285 g/mol. The average Bonchev–Trinajstić information content (AvgIpc) is 2.89. The van der Waals surface area contributed by atoms with E-state index in [0.29, 0.717) is 6.42 Å². The molecule has 0 saturated heterocycles. The molecule has 2 N–H and O–H groups in total. The lowest BCUT2D eigenvalue weighted by molar-refractivity contribution is -0.146. The molecule has 0 bridgehead atoms. The van der Waals surface area contributed by atoms with Gasteiger partial charge in [0.2, 0.25) is 5.91 Å². The van der Waals surface area contributed by atoms with Gasteiger partial charge in [0, 0.05) is 11.3 Å². The second-order valence-corrected chi connectivity index (χ2v) is 6.84. The third kappa shape index (κ3) is 3.65. The van der Waals surface area contributed by atoms with Gasteiger partial charge in [0.25, 0.3) is 0 Å². The normalized spacial score (nSPS) is 35.0. The molecule has 0 aromatic carbocycles. The fourth-order valence-electron chi connectivity index (χ4n) is 3.32. The van der Waals surface area contributed by atoms with Crippen molar-refractivity contribution in [1.29, 1.82) is 0 Å². The molecule has 2 unspecified atom stereocenters. The Bertz CT molecular complexity index is 340. The third-order valence-corrected chi connectivity index (χ3v) is 5.66. The van der Waals surface area contributed by atoms with Gasteiger partial charge in [-0.25, -0.2) is 0 Å². The molecular weight excluding hydrogens is 262 g/mol. The van der Waals surface area contributed by atoms with Crippen molar-refractivity contribution in [3.8, 4) is 0 Å². The third-order valence-electron chi connectivity index (χ3n) is 4.52. The van der Waals surface area contributed by atoms with Gasteiger partial charge in [-0.2, -0.15) is 11.8 Å². The molecule has 0 radical (unpaired) electrons. The van der Waals surface area contributed by atoms with E-state index in [1.807, 2.05) is 11.8 Å². The summed E-state index contributed by atoms with van der Waals surface area (Å²) in [7, 11) is 0. The molecule has 5 heteroatoms. The fourth-order valence-corrected chi connectivity index (χ4v) is 4.06. The van der Waals surface area contributed by atoms with E-state index in [4.69, 9.17) is 5.11 Å². The second-order valence-electron chi connectivity index (χ2n) is 5.70. The molecule has 0 aliphatic heterocycles. The lowest BCUT2D eigenvalue weighted by atomic mass is 9.92. The summed E-state index contributed by atoms with van der Waals surface area (Å²) in [5.74, 6) is -1.63. The minimum atomic E-state index is -0.816. The topological polar surface area (TPSA) is 66.4 Å². The van der Waals surface area contributed by atoms with Gasteiger partial charge < -0.3 is 10.4 Å². The zero-order valence-corrected chi connectivity index (χ0v) is 12.2. The van der Waals surface area contributed by atoms with Crippen molar-refractivity contribution < 1.29 is 14.7 Å². The lowest BCUT2D eigenvalue weighted by Crippen LogP contribution is -2.43. The molecule has 0 aromatic heterocycles. The Morgan fingerprint density at radius 2 is 1.68 bits per heavy atom. The Balaban J connectivity index is 1.82. The number of nitrogens with one attached hydrogen (secondary N) is 1. The van der Waals surface area contributed by atoms with E-state index in [-0.39, 0.29) is 17.9 Å². The van der Waals surface area contributed by atoms with Crippen molar-refractivity contribution >= 4 is 23.6 Å². The number of carbonyl (C=O) groups excluding carboxylic acids is 1. The average molecular weight is 285 g/mol. The molecule has 2 fully saturated rings. The zero-order valence-electron chi connectivity index (χ0n) is 11.4. The maximum absolute atomic E-state index is 12.2. The van der Waals surface area contributed by atoms with Crippen LogP contribution in [0.4, 0.5) is 0 Å². The first-order valence-corrected chi connectivity index (χ1v) is 8.46. The highest BCUT2D eigenvalue weighted by molar-refractivity contribution is 7.99. The highest BCUT2D eigenvalue weighted by atomic mass is 32.2. The number of carboxylic acid groups (broad SMARTS) is 1. The number of carbonyl (C=O) groups is 2. The smallest absolute Gasteiger partial charge is 0.307 e. The van der Waals surface area contributed by atoms with E-state index < -0.39 is 11.9 Å². The summed E-state index contributed by atoms with van der Waals surface area (Å²) < 4.78 is 0. The van der Waals surface area contributed by atoms with Crippen molar-refractivity contribution in [2.24, 2.45) is 11.8 Å². The van der Waals surface area contributed by atoms with Crippen molar-refractivity contribution in [2.75, 3.05) is 6.26 Å². The number of hydrogen-bond donors (Lipinski definition) is 2. The minimum absolute atomic E-state index is 0.0301. The number of rotatable bonds is 4. The maximum atomic E-state index is 12.2. The Morgan fingerprint density at radius 3 is 2.26 bits per heavy atom. The molecule has 2 aliphatic carbocycles. The Kier molecular flexibility index (Phi) is 5.13. The Hall–Kier alpha value is -0.710. The zero-order chi connectivity index (χ0) is 13.8. The van der Waals surface area contributed by atoms with E-state index in [1.165, 1.54) is 0 Å². The molecule has 2 aliphatic rings. The van der Waals surface area contributed by atoms with Gasteiger partial charge in [0.15, 0.2) is 0 Å². The fraction of sp³-hybridized carbons (Fsp3) is 0.857. The van der Waals surface area contributed by atoms with Crippen LogP contribution in [0.2, 0.25) is 0 Å². The summed E-state index contributed by atoms with van der Waals surface area (Å²) in [5, 5.41) is 12.9. The lowest BCUT2D eigenvalue weighted by Gasteiger charge is -2.29. The molecular formula is C14H23NO3S. The molecule has 4 nitrogen and oxygen atoms in total. The van der Waals surface area contributed by atoms with Gasteiger partial charge >= 0.3 is 5.97 Å². The van der Waals surface area contributed by atoms with Crippen molar-refractivity contribution in [2.45, 2.75) is 56.2 Å². The predicted molar refractivity (Wildman–Crippen MR) is 76.2 cm³/mol. The molecule has 2 saturated carbocycles. The molecule has 2 rings (SSSR count). The van der Waals surface area contributed by atoms with Gasteiger partial charge in [0.05, 0.1) is 11.8 Å². The van der Waals surface area contributed by atoms with Crippen LogP contribution in [0.25, 0.3) is 0 Å². The quantitative estimate of drug-likeness (QED) is 0.831. The SMILES string of the molecule is CSC1CCC(NC(=O)C2CCCC2C(=O)O)CC1. The molecule has 0 heterocycles. The number of thioether (sulfide) groups is 1. The Morgan fingerprint density at radius 1 is 1.05 bits per heavy atom. The molecule has 0 spiro atoms. The predicted octanol–water partition coefficient (Wildman–Crippen LogP) is 2.28. The van der Waals surface area contributed by atoms with Crippen LogP contribution in [-0.4, -0.2) is 34.5 Å². The van der Waals surface area contributed by atoms with Crippen molar-refractivity contribution in [3.05, 3.63) is 0 Å². The molecule has 0 aromatic rings.